The van der Waals surface area contributed by atoms with Gasteiger partial charge in [-0.1, -0.05) is 24.3 Å². The van der Waals surface area contributed by atoms with Crippen molar-refractivity contribution in [2.75, 3.05) is 4.90 Å². The number of benzene rings is 3. The highest BCUT2D eigenvalue weighted by molar-refractivity contribution is 6.39. The Morgan fingerprint density at radius 2 is 1.72 bits per heavy atom. The molecule has 160 valence electrons. The second-order valence-electron chi connectivity index (χ2n) is 6.97. The number of nitrogens with one attached hydrogen (secondary N) is 1. The van der Waals surface area contributed by atoms with E-state index >= 15 is 0 Å². The monoisotopic (exact) mass is 432 g/mol. The number of carbonyl (C=O) groups is 3. The SMILES string of the molecule is O=C1NC(=O)N(c2ccc(O)cc2)C(=O)/C1=C\c1cccc(OCc2cccc(F)c2)c1. The molecule has 1 fully saturated rings. The third-order valence-electron chi connectivity index (χ3n) is 4.67. The third-order valence-corrected chi connectivity index (χ3v) is 4.67. The fourth-order valence-electron chi connectivity index (χ4n) is 3.15. The van der Waals surface area contributed by atoms with Crippen molar-refractivity contribution in [3.63, 3.8) is 0 Å². The predicted octanol–water partition coefficient (Wildman–Crippen LogP) is 3.78. The van der Waals surface area contributed by atoms with Gasteiger partial charge >= 0.3 is 6.03 Å². The lowest BCUT2D eigenvalue weighted by Gasteiger charge is -2.26. The summed E-state index contributed by atoms with van der Waals surface area (Å²) in [6, 6.07) is 17.2. The van der Waals surface area contributed by atoms with Crippen LogP contribution in [0.3, 0.4) is 0 Å². The van der Waals surface area contributed by atoms with Crippen LogP contribution in [0.5, 0.6) is 11.5 Å². The number of amides is 4. The van der Waals surface area contributed by atoms with Crippen molar-refractivity contribution in [3.05, 3.63) is 95.3 Å². The molecule has 7 nitrogen and oxygen atoms in total. The number of urea groups is 1. The zero-order valence-electron chi connectivity index (χ0n) is 16.6. The van der Waals surface area contributed by atoms with Crippen LogP contribution >= 0.6 is 0 Å². The number of phenols is 1. The number of phenolic OH excluding ortho intramolecular Hbond substituents is 1. The number of halogens is 1. The van der Waals surface area contributed by atoms with Crippen LogP contribution in [0.15, 0.2) is 78.4 Å². The van der Waals surface area contributed by atoms with E-state index in [1.165, 1.54) is 42.5 Å². The summed E-state index contributed by atoms with van der Waals surface area (Å²) in [5.74, 6) is -1.55. The van der Waals surface area contributed by atoms with E-state index in [4.69, 9.17) is 4.74 Å². The Balaban J connectivity index is 1.57. The number of aromatic hydroxyl groups is 1. The molecule has 1 heterocycles. The van der Waals surface area contributed by atoms with Crippen molar-refractivity contribution in [3.8, 4) is 11.5 Å². The highest BCUT2D eigenvalue weighted by atomic mass is 19.1. The molecule has 0 spiro atoms. The van der Waals surface area contributed by atoms with Crippen molar-refractivity contribution in [1.82, 2.24) is 5.32 Å². The number of barbiturate groups is 1. The second kappa shape index (κ2) is 8.73. The molecular weight excluding hydrogens is 415 g/mol. The molecule has 32 heavy (non-hydrogen) atoms. The zero-order chi connectivity index (χ0) is 22.7. The van der Waals surface area contributed by atoms with E-state index < -0.39 is 17.8 Å². The van der Waals surface area contributed by atoms with E-state index in [0.717, 1.165) is 4.90 Å². The van der Waals surface area contributed by atoms with Gasteiger partial charge in [-0.05, 0) is 65.7 Å². The fraction of sp³-hybridized carbons (Fsp3) is 0.0417. The number of carbonyl (C=O) groups excluding carboxylic acids is 3. The molecule has 1 aliphatic rings. The third kappa shape index (κ3) is 4.49. The topological polar surface area (TPSA) is 95.9 Å². The lowest BCUT2D eigenvalue weighted by Crippen LogP contribution is -2.54. The quantitative estimate of drug-likeness (QED) is 0.473. The lowest BCUT2D eigenvalue weighted by atomic mass is 10.1. The average Bonchev–Trinajstić information content (AvgIpc) is 2.77. The van der Waals surface area contributed by atoms with Gasteiger partial charge in [0.1, 0.15) is 29.5 Å². The standard InChI is InChI=1S/C24H17FN2O5/c25-17-5-1-4-16(11-17)14-32-20-6-2-3-15(12-20)13-21-22(29)26-24(31)27(23(21)30)18-7-9-19(28)10-8-18/h1-13,28H,14H2,(H,26,29,31)/b21-13-. The van der Waals surface area contributed by atoms with E-state index in [9.17, 15) is 23.9 Å². The smallest absolute Gasteiger partial charge is 0.335 e. The Kier molecular flexibility index (Phi) is 5.67. The highest BCUT2D eigenvalue weighted by Crippen LogP contribution is 2.24. The second-order valence-corrected chi connectivity index (χ2v) is 6.97. The lowest BCUT2D eigenvalue weighted by molar-refractivity contribution is -0.122. The van der Waals surface area contributed by atoms with E-state index in [2.05, 4.69) is 5.32 Å². The molecule has 0 atom stereocenters. The molecule has 1 saturated heterocycles. The number of imide groups is 2. The van der Waals surface area contributed by atoms with E-state index in [1.807, 2.05) is 0 Å². The number of hydrogen-bond acceptors (Lipinski definition) is 5. The van der Waals surface area contributed by atoms with E-state index in [-0.39, 0.29) is 29.4 Å². The fourth-order valence-corrected chi connectivity index (χ4v) is 3.15. The summed E-state index contributed by atoms with van der Waals surface area (Å²) in [6.45, 7) is 0.139. The molecule has 0 aliphatic carbocycles. The molecule has 0 aromatic heterocycles. The molecule has 0 unspecified atom stereocenters. The summed E-state index contributed by atoms with van der Waals surface area (Å²) in [7, 11) is 0. The summed E-state index contributed by atoms with van der Waals surface area (Å²) < 4.78 is 19.0. The summed E-state index contributed by atoms with van der Waals surface area (Å²) >= 11 is 0. The Labute approximate surface area is 182 Å². The zero-order valence-corrected chi connectivity index (χ0v) is 16.6. The van der Waals surface area contributed by atoms with Crippen LogP contribution in [0, 0.1) is 5.82 Å². The number of hydrogen-bond donors (Lipinski definition) is 2. The molecule has 8 heteroatoms. The molecule has 3 aromatic carbocycles. The maximum atomic E-state index is 13.3. The first-order valence-corrected chi connectivity index (χ1v) is 9.58. The molecule has 4 rings (SSSR count). The van der Waals surface area contributed by atoms with Gasteiger partial charge in [0.15, 0.2) is 0 Å². The van der Waals surface area contributed by atoms with Crippen LogP contribution in [-0.4, -0.2) is 23.0 Å². The first-order valence-electron chi connectivity index (χ1n) is 9.58. The molecule has 0 radical (unpaired) electrons. The summed E-state index contributed by atoms with van der Waals surface area (Å²) in [5.41, 5.74) is 1.12. The van der Waals surface area contributed by atoms with E-state index in [1.54, 1.807) is 36.4 Å². The predicted molar refractivity (Wildman–Crippen MR) is 114 cm³/mol. The van der Waals surface area contributed by atoms with Gasteiger partial charge in [0.25, 0.3) is 11.8 Å². The number of rotatable bonds is 5. The first kappa shape index (κ1) is 20.8. The van der Waals surface area contributed by atoms with Gasteiger partial charge in [0, 0.05) is 0 Å². The van der Waals surface area contributed by atoms with Crippen molar-refractivity contribution >= 4 is 29.6 Å². The molecular formula is C24H17FN2O5. The number of ether oxygens (including phenoxy) is 1. The normalized spacial score (nSPS) is 15.1. The Morgan fingerprint density at radius 1 is 0.969 bits per heavy atom. The molecule has 4 amide bonds. The van der Waals surface area contributed by atoms with Gasteiger partial charge in [-0.15, -0.1) is 0 Å². The van der Waals surface area contributed by atoms with Gasteiger partial charge in [-0.2, -0.15) is 0 Å². The van der Waals surface area contributed by atoms with Gasteiger partial charge in [-0.3, -0.25) is 14.9 Å². The van der Waals surface area contributed by atoms with Crippen LogP contribution in [0.1, 0.15) is 11.1 Å². The molecule has 0 bridgehead atoms. The van der Waals surface area contributed by atoms with Crippen LogP contribution in [0.2, 0.25) is 0 Å². The van der Waals surface area contributed by atoms with Crippen LogP contribution < -0.4 is 15.0 Å². The average molecular weight is 432 g/mol. The van der Waals surface area contributed by atoms with Crippen molar-refractivity contribution in [2.24, 2.45) is 0 Å². The minimum absolute atomic E-state index is 0.0273. The van der Waals surface area contributed by atoms with Gasteiger partial charge in [0.2, 0.25) is 0 Å². The summed E-state index contributed by atoms with van der Waals surface area (Å²) in [6.07, 6.45) is 1.35. The summed E-state index contributed by atoms with van der Waals surface area (Å²) in [5, 5.41) is 11.6. The van der Waals surface area contributed by atoms with Crippen molar-refractivity contribution in [1.29, 1.82) is 0 Å². The van der Waals surface area contributed by atoms with Crippen molar-refractivity contribution in [2.45, 2.75) is 6.61 Å². The molecule has 1 aliphatic heterocycles. The van der Waals surface area contributed by atoms with Crippen LogP contribution in [0.25, 0.3) is 6.08 Å². The van der Waals surface area contributed by atoms with Gasteiger partial charge in [-0.25, -0.2) is 14.1 Å². The first-order chi connectivity index (χ1) is 15.4. The van der Waals surface area contributed by atoms with Gasteiger partial charge < -0.3 is 9.84 Å². The molecule has 0 saturated carbocycles. The van der Waals surface area contributed by atoms with Crippen LogP contribution in [-0.2, 0) is 16.2 Å². The number of anilines is 1. The van der Waals surface area contributed by atoms with Gasteiger partial charge in [0.05, 0.1) is 5.69 Å². The number of nitrogens with zero attached hydrogens (tertiary/aromatic N) is 1. The largest absolute Gasteiger partial charge is 0.508 e. The Morgan fingerprint density at radius 3 is 2.47 bits per heavy atom. The van der Waals surface area contributed by atoms with Crippen LogP contribution in [0.4, 0.5) is 14.9 Å². The maximum absolute atomic E-state index is 13.3. The van der Waals surface area contributed by atoms with E-state index in [0.29, 0.717) is 16.9 Å². The highest BCUT2D eigenvalue weighted by Gasteiger charge is 2.36. The minimum atomic E-state index is -0.880. The Bertz CT molecular complexity index is 1240. The minimum Gasteiger partial charge on any atom is -0.508 e. The van der Waals surface area contributed by atoms with Crippen molar-refractivity contribution < 1.29 is 28.6 Å². The molecule has 3 aromatic rings. The maximum Gasteiger partial charge on any atom is 0.335 e. The Hall–Kier alpha value is -4.46. The summed E-state index contributed by atoms with van der Waals surface area (Å²) in [4.78, 5) is 38.3. The molecule has 2 N–H and O–H groups in total.